The number of nitrogens with one attached hydrogen (secondary N) is 1. The lowest BCUT2D eigenvalue weighted by molar-refractivity contribution is -0.113. The van der Waals surface area contributed by atoms with Crippen LogP contribution in [0, 0.1) is 0 Å². The molecule has 0 aromatic carbocycles. The van der Waals surface area contributed by atoms with E-state index in [1.165, 1.54) is 33.6 Å². The molecule has 7 nitrogen and oxygen atoms in total. The average molecular weight is 434 g/mol. The number of anilines is 1. The van der Waals surface area contributed by atoms with Gasteiger partial charge >= 0.3 is 0 Å². The predicted molar refractivity (Wildman–Crippen MR) is 120 cm³/mol. The van der Waals surface area contributed by atoms with E-state index >= 15 is 0 Å². The Morgan fingerprint density at radius 2 is 1.93 bits per heavy atom. The zero-order valence-electron chi connectivity index (χ0n) is 17.6. The molecule has 0 spiro atoms. The molecule has 0 saturated heterocycles. The normalized spacial score (nSPS) is 12.5. The van der Waals surface area contributed by atoms with E-state index in [-0.39, 0.29) is 28.2 Å². The quantitative estimate of drug-likeness (QED) is 0.660. The zero-order chi connectivity index (χ0) is 21.4. The van der Waals surface area contributed by atoms with Crippen molar-refractivity contribution in [2.75, 3.05) is 11.1 Å². The number of amides is 1. The van der Waals surface area contributed by atoms with E-state index in [0.29, 0.717) is 22.2 Å². The molecule has 3 aromatic heterocycles. The highest BCUT2D eigenvalue weighted by atomic mass is 32.2. The van der Waals surface area contributed by atoms with Gasteiger partial charge in [-0.05, 0) is 20.8 Å². The Bertz CT molecular complexity index is 1080. The molecular formula is C20H27N5O2S2. The standard InChI is InChI=1S/C20H27N5O2S2/c1-19(2,3)14-10-15(25(23-14)20(4,5)6)22-16(26)12-28-11-13-9-17(27)24-7-8-29-18(24)21-13/h7-10H,11-12H2,1-6H3,(H,22,26). The highest BCUT2D eigenvalue weighted by Gasteiger charge is 2.25. The molecule has 3 aromatic rings. The lowest BCUT2D eigenvalue weighted by Crippen LogP contribution is -2.27. The molecule has 9 heteroatoms. The van der Waals surface area contributed by atoms with Crippen LogP contribution in [0.5, 0.6) is 0 Å². The third-order valence-electron chi connectivity index (χ3n) is 4.22. The van der Waals surface area contributed by atoms with Gasteiger partial charge in [0.15, 0.2) is 4.96 Å². The van der Waals surface area contributed by atoms with Crippen molar-refractivity contribution in [3.05, 3.63) is 45.5 Å². The van der Waals surface area contributed by atoms with Gasteiger partial charge in [-0.2, -0.15) is 5.10 Å². The van der Waals surface area contributed by atoms with Gasteiger partial charge in [0.1, 0.15) is 5.82 Å². The SMILES string of the molecule is CC(C)(C)c1cc(NC(=O)CSCc2cc(=O)n3ccsc3n2)n(C(C)(C)C)n1. The summed E-state index contributed by atoms with van der Waals surface area (Å²) in [5, 5.41) is 9.54. The summed E-state index contributed by atoms with van der Waals surface area (Å²) in [6, 6.07) is 3.47. The van der Waals surface area contributed by atoms with Crippen molar-refractivity contribution in [3.63, 3.8) is 0 Å². The van der Waals surface area contributed by atoms with Crippen molar-refractivity contribution in [2.24, 2.45) is 0 Å². The summed E-state index contributed by atoms with van der Waals surface area (Å²) >= 11 is 2.85. The van der Waals surface area contributed by atoms with Crippen molar-refractivity contribution in [1.29, 1.82) is 0 Å². The second-order valence-corrected chi connectivity index (χ2v) is 10.8. The van der Waals surface area contributed by atoms with E-state index in [2.05, 4.69) is 51.8 Å². The Hall–Kier alpha value is -2.13. The van der Waals surface area contributed by atoms with E-state index in [1.807, 2.05) is 16.1 Å². The van der Waals surface area contributed by atoms with Gasteiger partial charge in [-0.1, -0.05) is 20.8 Å². The van der Waals surface area contributed by atoms with Gasteiger partial charge in [0.05, 0.1) is 22.7 Å². The summed E-state index contributed by atoms with van der Waals surface area (Å²) < 4.78 is 3.38. The Kier molecular flexibility index (Phi) is 5.91. The summed E-state index contributed by atoms with van der Waals surface area (Å²) in [7, 11) is 0. The fourth-order valence-electron chi connectivity index (χ4n) is 2.74. The van der Waals surface area contributed by atoms with Crippen molar-refractivity contribution >= 4 is 39.8 Å². The topological polar surface area (TPSA) is 81.3 Å². The lowest BCUT2D eigenvalue weighted by atomic mass is 9.92. The van der Waals surface area contributed by atoms with Gasteiger partial charge < -0.3 is 5.32 Å². The number of hydrogen-bond donors (Lipinski definition) is 1. The number of rotatable bonds is 5. The molecule has 0 fully saturated rings. The molecule has 0 unspecified atom stereocenters. The van der Waals surface area contributed by atoms with E-state index < -0.39 is 0 Å². The molecule has 0 radical (unpaired) electrons. The molecule has 0 aliphatic heterocycles. The molecule has 156 valence electrons. The van der Waals surface area contributed by atoms with Gasteiger partial charge in [0, 0.05) is 34.9 Å². The smallest absolute Gasteiger partial charge is 0.258 e. The van der Waals surface area contributed by atoms with E-state index in [1.54, 1.807) is 6.20 Å². The van der Waals surface area contributed by atoms with Crippen LogP contribution in [0.2, 0.25) is 0 Å². The van der Waals surface area contributed by atoms with Crippen LogP contribution in [0.4, 0.5) is 5.82 Å². The van der Waals surface area contributed by atoms with Crippen LogP contribution in [0.1, 0.15) is 52.9 Å². The van der Waals surface area contributed by atoms with Crippen LogP contribution < -0.4 is 10.9 Å². The Morgan fingerprint density at radius 3 is 2.59 bits per heavy atom. The summed E-state index contributed by atoms with van der Waals surface area (Å²) in [5.41, 5.74) is 1.17. The highest BCUT2D eigenvalue weighted by Crippen LogP contribution is 2.28. The van der Waals surface area contributed by atoms with Gasteiger partial charge in [-0.3, -0.25) is 14.0 Å². The largest absolute Gasteiger partial charge is 0.310 e. The van der Waals surface area contributed by atoms with Crippen LogP contribution in [-0.2, 0) is 21.5 Å². The number of carbonyl (C=O) groups excluding carboxylic acids is 1. The van der Waals surface area contributed by atoms with E-state index in [0.717, 1.165) is 5.69 Å². The summed E-state index contributed by atoms with van der Waals surface area (Å²) in [6.45, 7) is 12.5. The minimum absolute atomic E-state index is 0.0971. The second-order valence-electron chi connectivity index (χ2n) is 8.93. The maximum atomic E-state index is 12.5. The maximum absolute atomic E-state index is 12.5. The van der Waals surface area contributed by atoms with Gasteiger partial charge in [0.25, 0.3) is 5.56 Å². The first kappa shape index (κ1) is 21.6. The molecule has 3 heterocycles. The number of hydrogen-bond acceptors (Lipinski definition) is 6. The molecule has 0 aliphatic rings. The van der Waals surface area contributed by atoms with Crippen molar-refractivity contribution in [1.82, 2.24) is 19.2 Å². The van der Waals surface area contributed by atoms with Crippen LogP contribution in [-0.4, -0.2) is 30.8 Å². The third-order valence-corrected chi connectivity index (χ3v) is 5.94. The number of thiazole rings is 1. The highest BCUT2D eigenvalue weighted by molar-refractivity contribution is 7.99. The Balaban J connectivity index is 1.66. The molecule has 0 bridgehead atoms. The van der Waals surface area contributed by atoms with Gasteiger partial charge in [-0.25, -0.2) is 9.67 Å². The lowest BCUT2D eigenvalue weighted by Gasteiger charge is -2.23. The van der Waals surface area contributed by atoms with Crippen LogP contribution in [0.3, 0.4) is 0 Å². The molecule has 29 heavy (non-hydrogen) atoms. The molecule has 0 atom stereocenters. The molecule has 1 amide bonds. The number of aromatic nitrogens is 4. The number of nitrogens with zero attached hydrogens (tertiary/aromatic N) is 4. The summed E-state index contributed by atoms with van der Waals surface area (Å²) in [5.74, 6) is 1.37. The monoisotopic (exact) mass is 433 g/mol. The minimum atomic E-state index is -0.249. The number of carbonyl (C=O) groups is 1. The number of thioether (sulfide) groups is 1. The maximum Gasteiger partial charge on any atom is 0.258 e. The fraction of sp³-hybridized carbons (Fsp3) is 0.500. The minimum Gasteiger partial charge on any atom is -0.310 e. The number of fused-ring (bicyclic) bond motifs is 1. The van der Waals surface area contributed by atoms with Gasteiger partial charge in [-0.15, -0.1) is 23.1 Å². The first-order chi connectivity index (χ1) is 13.4. The Morgan fingerprint density at radius 1 is 1.21 bits per heavy atom. The van der Waals surface area contributed by atoms with E-state index in [4.69, 9.17) is 5.10 Å². The first-order valence-electron chi connectivity index (χ1n) is 9.39. The Labute approximate surface area is 178 Å². The molecular weight excluding hydrogens is 406 g/mol. The fourth-order valence-corrected chi connectivity index (χ4v) is 4.19. The summed E-state index contributed by atoms with van der Waals surface area (Å²) in [4.78, 5) is 29.7. The third kappa shape index (κ3) is 5.08. The second kappa shape index (κ2) is 7.95. The van der Waals surface area contributed by atoms with Crippen molar-refractivity contribution < 1.29 is 4.79 Å². The van der Waals surface area contributed by atoms with Gasteiger partial charge in [0.2, 0.25) is 5.91 Å². The van der Waals surface area contributed by atoms with Crippen LogP contribution in [0.25, 0.3) is 4.96 Å². The zero-order valence-corrected chi connectivity index (χ0v) is 19.3. The van der Waals surface area contributed by atoms with Crippen molar-refractivity contribution in [3.8, 4) is 0 Å². The summed E-state index contributed by atoms with van der Waals surface area (Å²) in [6.07, 6.45) is 1.71. The molecule has 3 rings (SSSR count). The van der Waals surface area contributed by atoms with E-state index in [9.17, 15) is 9.59 Å². The average Bonchev–Trinajstić information content (AvgIpc) is 3.21. The molecule has 1 N–H and O–H groups in total. The molecule has 0 saturated carbocycles. The predicted octanol–water partition coefficient (Wildman–Crippen LogP) is 3.88. The first-order valence-corrected chi connectivity index (χ1v) is 11.4. The molecule has 0 aliphatic carbocycles. The van der Waals surface area contributed by atoms with Crippen molar-refractivity contribution in [2.45, 2.75) is 58.2 Å². The van der Waals surface area contributed by atoms with Crippen LogP contribution in [0.15, 0.2) is 28.5 Å². The van der Waals surface area contributed by atoms with Crippen LogP contribution >= 0.6 is 23.1 Å².